The van der Waals surface area contributed by atoms with Gasteiger partial charge in [0.15, 0.2) is 22.4 Å². The van der Waals surface area contributed by atoms with E-state index in [0.717, 1.165) is 68.3 Å². The number of rotatable bonds is 7. The predicted octanol–water partition coefficient (Wildman–Crippen LogP) is 5.99. The third kappa shape index (κ3) is 5.88. The highest BCUT2D eigenvalue weighted by Crippen LogP contribution is 2.33. The zero-order valence-electron chi connectivity index (χ0n) is 18.7. The largest absolute Gasteiger partial charge is 0.465 e. The van der Waals surface area contributed by atoms with E-state index in [0.29, 0.717) is 0 Å². The summed E-state index contributed by atoms with van der Waals surface area (Å²) in [6.45, 7) is 1.55. The van der Waals surface area contributed by atoms with E-state index in [4.69, 9.17) is 18.9 Å². The number of aromatic nitrogens is 1. The Hall–Kier alpha value is -2.54. The SMILES string of the molecule is c1ccc([S+](c2ccc(OC3CCCCO3)cc2)c2ccc(OC3CCCCO3)cc2)nc1. The van der Waals surface area contributed by atoms with Crippen molar-refractivity contribution < 1.29 is 18.9 Å². The molecule has 2 aliphatic heterocycles. The maximum absolute atomic E-state index is 6.03. The van der Waals surface area contributed by atoms with Crippen LogP contribution in [-0.4, -0.2) is 30.8 Å². The first-order valence-electron chi connectivity index (χ1n) is 11.8. The van der Waals surface area contributed by atoms with Crippen LogP contribution in [0.5, 0.6) is 11.5 Å². The molecule has 2 aromatic carbocycles. The highest BCUT2D eigenvalue weighted by molar-refractivity contribution is 7.97. The van der Waals surface area contributed by atoms with Gasteiger partial charge < -0.3 is 18.9 Å². The van der Waals surface area contributed by atoms with Crippen LogP contribution in [0.15, 0.2) is 87.7 Å². The van der Waals surface area contributed by atoms with Crippen molar-refractivity contribution in [2.24, 2.45) is 0 Å². The average molecular weight is 465 g/mol. The molecule has 3 heterocycles. The lowest BCUT2D eigenvalue weighted by molar-refractivity contribution is -0.106. The van der Waals surface area contributed by atoms with Gasteiger partial charge in [-0.15, -0.1) is 0 Å². The van der Waals surface area contributed by atoms with E-state index in [1.54, 1.807) is 0 Å². The van der Waals surface area contributed by atoms with E-state index < -0.39 is 0 Å². The number of pyridine rings is 1. The predicted molar refractivity (Wildman–Crippen MR) is 128 cm³/mol. The fourth-order valence-electron chi connectivity index (χ4n) is 4.07. The van der Waals surface area contributed by atoms with Gasteiger partial charge in [0.1, 0.15) is 22.4 Å². The smallest absolute Gasteiger partial charge is 0.258 e. The number of benzene rings is 2. The monoisotopic (exact) mass is 464 g/mol. The Morgan fingerprint density at radius 2 is 1.21 bits per heavy atom. The van der Waals surface area contributed by atoms with Gasteiger partial charge in [-0.3, -0.25) is 0 Å². The van der Waals surface area contributed by atoms with Crippen molar-refractivity contribution in [2.75, 3.05) is 13.2 Å². The first-order valence-corrected chi connectivity index (χ1v) is 13.0. The fourth-order valence-corrected chi connectivity index (χ4v) is 6.02. The molecule has 2 atom stereocenters. The lowest BCUT2D eigenvalue weighted by Gasteiger charge is -2.23. The van der Waals surface area contributed by atoms with E-state index in [9.17, 15) is 0 Å². The van der Waals surface area contributed by atoms with Crippen molar-refractivity contribution in [3.05, 3.63) is 72.9 Å². The number of ether oxygens (including phenoxy) is 4. The highest BCUT2D eigenvalue weighted by Gasteiger charge is 2.30. The highest BCUT2D eigenvalue weighted by atomic mass is 32.2. The molecule has 0 amide bonds. The second-order valence-corrected chi connectivity index (χ2v) is 10.2. The van der Waals surface area contributed by atoms with Crippen LogP contribution in [0, 0.1) is 0 Å². The molecular formula is C27H30NO4S+. The number of hydrogen-bond acceptors (Lipinski definition) is 5. The molecule has 0 N–H and O–H groups in total. The van der Waals surface area contributed by atoms with Gasteiger partial charge in [-0.1, -0.05) is 6.07 Å². The Morgan fingerprint density at radius 3 is 1.64 bits per heavy atom. The summed E-state index contributed by atoms with van der Waals surface area (Å²) in [6.07, 6.45) is 7.99. The molecule has 3 aromatic rings. The van der Waals surface area contributed by atoms with Gasteiger partial charge >= 0.3 is 0 Å². The van der Waals surface area contributed by atoms with Gasteiger partial charge in [0.05, 0.1) is 13.2 Å². The Kier molecular flexibility index (Phi) is 7.46. The van der Waals surface area contributed by atoms with Gasteiger partial charge in [0.25, 0.3) is 5.03 Å². The second kappa shape index (κ2) is 11.1. The van der Waals surface area contributed by atoms with E-state index in [-0.39, 0.29) is 23.5 Å². The quantitative estimate of drug-likeness (QED) is 0.402. The topological polar surface area (TPSA) is 49.8 Å². The molecule has 5 rings (SSSR count). The molecule has 172 valence electrons. The fraction of sp³-hybridized carbons (Fsp3) is 0.370. The van der Waals surface area contributed by atoms with Gasteiger partial charge in [-0.2, -0.15) is 0 Å². The summed E-state index contributed by atoms with van der Waals surface area (Å²) in [4.78, 5) is 7.05. The number of nitrogens with zero attached hydrogens (tertiary/aromatic N) is 1. The molecule has 2 aliphatic rings. The first kappa shape index (κ1) is 22.3. The molecule has 2 saturated heterocycles. The van der Waals surface area contributed by atoms with Crippen molar-refractivity contribution in [1.29, 1.82) is 0 Å². The summed E-state index contributed by atoms with van der Waals surface area (Å²) in [5.41, 5.74) is 0. The first-order chi connectivity index (χ1) is 16.3. The van der Waals surface area contributed by atoms with Crippen LogP contribution in [0.2, 0.25) is 0 Å². The Balaban J connectivity index is 1.35. The molecule has 33 heavy (non-hydrogen) atoms. The molecule has 2 fully saturated rings. The van der Waals surface area contributed by atoms with Crippen molar-refractivity contribution in [2.45, 2.75) is 65.9 Å². The summed E-state index contributed by atoms with van der Waals surface area (Å²) in [6, 6.07) is 22.8. The summed E-state index contributed by atoms with van der Waals surface area (Å²) >= 11 is 0. The summed E-state index contributed by atoms with van der Waals surface area (Å²) in [5, 5.41) is 1.03. The Bertz CT molecular complexity index is 921. The molecule has 2 unspecified atom stereocenters. The zero-order chi connectivity index (χ0) is 22.3. The Morgan fingerprint density at radius 1 is 0.667 bits per heavy atom. The molecule has 0 saturated carbocycles. The van der Waals surface area contributed by atoms with Gasteiger partial charge in [-0.05, 0) is 80.3 Å². The van der Waals surface area contributed by atoms with Crippen molar-refractivity contribution in [1.82, 2.24) is 4.98 Å². The van der Waals surface area contributed by atoms with Crippen LogP contribution in [0.3, 0.4) is 0 Å². The van der Waals surface area contributed by atoms with E-state index in [2.05, 4.69) is 35.3 Å². The number of hydrogen-bond donors (Lipinski definition) is 0. The van der Waals surface area contributed by atoms with Crippen LogP contribution in [0.1, 0.15) is 38.5 Å². The lowest BCUT2D eigenvalue weighted by atomic mass is 10.2. The van der Waals surface area contributed by atoms with Crippen molar-refractivity contribution in [3.63, 3.8) is 0 Å². The minimum absolute atomic E-state index is 0.140. The molecule has 0 bridgehead atoms. The van der Waals surface area contributed by atoms with Crippen molar-refractivity contribution >= 4 is 10.9 Å². The van der Waals surface area contributed by atoms with Crippen LogP contribution in [0.4, 0.5) is 0 Å². The Labute approximate surface area is 198 Å². The molecule has 6 heteroatoms. The van der Waals surface area contributed by atoms with E-state index >= 15 is 0 Å². The molecule has 0 radical (unpaired) electrons. The molecule has 1 aromatic heterocycles. The minimum Gasteiger partial charge on any atom is -0.465 e. The summed E-state index contributed by atoms with van der Waals surface area (Å²) in [5.74, 6) is 1.68. The van der Waals surface area contributed by atoms with Crippen molar-refractivity contribution in [3.8, 4) is 11.5 Å². The van der Waals surface area contributed by atoms with Crippen LogP contribution in [0.25, 0.3) is 0 Å². The standard InChI is InChI=1S/C27H30NO4S/c1-4-18-28-25(7-1)33(23-14-10-21(11-15-23)31-26-8-2-5-19-29-26)24-16-12-22(13-17-24)32-27-9-3-6-20-30-27/h1,4,7,10-18,26-27H,2-3,5-6,8-9,19-20H2/q+1. The lowest BCUT2D eigenvalue weighted by Crippen LogP contribution is -2.25. The average Bonchev–Trinajstić information content (AvgIpc) is 2.88. The van der Waals surface area contributed by atoms with E-state index in [1.807, 2.05) is 42.6 Å². The van der Waals surface area contributed by atoms with Crippen LogP contribution in [-0.2, 0) is 20.4 Å². The zero-order valence-corrected chi connectivity index (χ0v) is 19.5. The third-order valence-corrected chi connectivity index (χ3v) is 7.92. The third-order valence-electron chi connectivity index (χ3n) is 5.78. The normalized spacial score (nSPS) is 21.8. The van der Waals surface area contributed by atoms with Gasteiger partial charge in [-0.25, -0.2) is 4.98 Å². The maximum atomic E-state index is 6.03. The minimum atomic E-state index is -0.329. The van der Waals surface area contributed by atoms with Crippen LogP contribution < -0.4 is 9.47 Å². The maximum Gasteiger partial charge on any atom is 0.258 e. The summed E-state index contributed by atoms with van der Waals surface area (Å²) in [7, 11) is -0.329. The van der Waals surface area contributed by atoms with E-state index in [1.165, 1.54) is 9.79 Å². The second-order valence-electron chi connectivity index (χ2n) is 8.24. The summed E-state index contributed by atoms with van der Waals surface area (Å²) < 4.78 is 23.5. The van der Waals surface area contributed by atoms with Gasteiger partial charge in [0.2, 0.25) is 0 Å². The van der Waals surface area contributed by atoms with Crippen LogP contribution >= 0.6 is 0 Å². The molecule has 0 aliphatic carbocycles. The molecule has 5 nitrogen and oxygen atoms in total. The van der Waals surface area contributed by atoms with Gasteiger partial charge in [0, 0.05) is 25.1 Å². The molecule has 0 spiro atoms. The molecular weight excluding hydrogens is 434 g/mol.